The summed E-state index contributed by atoms with van der Waals surface area (Å²) in [5.41, 5.74) is 0. The maximum Gasteiger partial charge on any atom is 0.472 e. The Hall–Kier alpha value is -3.04. The molecule has 378 valence electrons. The number of unbranched alkanes of at least 4 members (excludes halogenated alkanes) is 9. The number of rotatable bonds is 44. The molecule has 0 aliphatic carbocycles. The maximum absolute atomic E-state index is 12.2. The average molecular weight is 973 g/mol. The SMILES string of the molecule is CC/C=C\C/C=C\C/C=C\C/C=C\C/C=C\C/C=C\CCC(=O)OCC(O)COP(=O)(O)OCC(O)COP(=O)(O)OCC(O)COC(=O)CCCCCCCC/C=C/C=C/CCCCC. The highest BCUT2D eigenvalue weighted by molar-refractivity contribution is 7.47. The van der Waals surface area contributed by atoms with Crippen molar-refractivity contribution < 1.29 is 71.4 Å². The van der Waals surface area contributed by atoms with E-state index in [0.717, 1.165) is 77.0 Å². The summed E-state index contributed by atoms with van der Waals surface area (Å²) < 4.78 is 52.9. The lowest BCUT2D eigenvalue weighted by Gasteiger charge is -2.19. The lowest BCUT2D eigenvalue weighted by molar-refractivity contribution is -0.148. The van der Waals surface area contributed by atoms with Crippen molar-refractivity contribution in [2.75, 3.05) is 39.6 Å². The van der Waals surface area contributed by atoms with E-state index >= 15 is 0 Å². The van der Waals surface area contributed by atoms with E-state index in [1.165, 1.54) is 19.3 Å². The van der Waals surface area contributed by atoms with Gasteiger partial charge in [0.15, 0.2) is 0 Å². The fraction of sp³-hybridized carbons (Fsp3) is 0.633. The van der Waals surface area contributed by atoms with Crippen molar-refractivity contribution in [3.8, 4) is 0 Å². The molecule has 17 heteroatoms. The van der Waals surface area contributed by atoms with Crippen molar-refractivity contribution in [3.05, 3.63) is 97.2 Å². The molecule has 0 aromatic carbocycles. The molecule has 15 nitrogen and oxygen atoms in total. The first-order valence-electron chi connectivity index (χ1n) is 23.6. The second-order valence-electron chi connectivity index (χ2n) is 15.4. The van der Waals surface area contributed by atoms with Gasteiger partial charge in [0, 0.05) is 12.8 Å². The normalized spacial score (nSPS) is 15.9. The van der Waals surface area contributed by atoms with Gasteiger partial charge in [0.05, 0.1) is 26.4 Å². The molecule has 0 bridgehead atoms. The van der Waals surface area contributed by atoms with E-state index < -0.39 is 85.5 Å². The number of aliphatic hydroxyl groups excluding tert-OH is 3. The number of esters is 2. The highest BCUT2D eigenvalue weighted by Gasteiger charge is 2.28. The van der Waals surface area contributed by atoms with Crippen molar-refractivity contribution in [2.45, 2.75) is 161 Å². The summed E-state index contributed by atoms with van der Waals surface area (Å²) in [6, 6.07) is 0. The van der Waals surface area contributed by atoms with Gasteiger partial charge >= 0.3 is 27.6 Å². The van der Waals surface area contributed by atoms with Crippen molar-refractivity contribution in [3.63, 3.8) is 0 Å². The standard InChI is InChI=1S/C49H82O15P2/c1-3-5-7-9-11-13-15-17-19-20-21-22-24-26-28-30-32-34-36-38-49(54)60-40-46(51)42-62-66(57,58)64-44-47(52)43-63-65(55,56)61-41-45(50)39-59-48(53)37-35-33-31-29-27-25-23-18-16-14-12-10-8-6-4-2/h5,7,11-14,16-19,21-22,26,28,32,34,45-47,50-52H,3-4,6,8-10,15,20,23-25,27,29-31,33,35-44H2,1-2H3,(H,55,56)(H,57,58)/b7-5-,13-11-,14-12+,18-16+,19-17-,22-21-,28-26-,34-32-. The van der Waals surface area contributed by atoms with Crippen LogP contribution in [-0.2, 0) is 46.3 Å². The zero-order valence-electron chi connectivity index (χ0n) is 39.6. The Morgan fingerprint density at radius 3 is 1.20 bits per heavy atom. The smallest absolute Gasteiger partial charge is 0.463 e. The lowest BCUT2D eigenvalue weighted by atomic mass is 10.1. The molecular weight excluding hydrogens is 890 g/mol. The Kier molecular flexibility index (Phi) is 42.4. The number of hydrogen-bond acceptors (Lipinski definition) is 13. The molecule has 66 heavy (non-hydrogen) atoms. The van der Waals surface area contributed by atoms with Gasteiger partial charge in [-0.25, -0.2) is 9.13 Å². The number of ether oxygens (including phenoxy) is 2. The van der Waals surface area contributed by atoms with Crippen molar-refractivity contribution in [1.82, 2.24) is 0 Å². The van der Waals surface area contributed by atoms with Gasteiger partial charge in [-0.1, -0.05) is 150 Å². The minimum atomic E-state index is -4.81. The zero-order valence-corrected chi connectivity index (χ0v) is 41.4. The predicted molar refractivity (Wildman–Crippen MR) is 260 cm³/mol. The Morgan fingerprint density at radius 2 is 0.773 bits per heavy atom. The molecule has 5 atom stereocenters. The number of allylic oxidation sites excluding steroid dienone is 16. The van der Waals surface area contributed by atoms with Crippen molar-refractivity contribution in [2.24, 2.45) is 0 Å². The summed E-state index contributed by atoms with van der Waals surface area (Å²) in [4.78, 5) is 43.7. The Bertz CT molecular complexity index is 1550. The van der Waals surface area contributed by atoms with Crippen LogP contribution in [0.15, 0.2) is 97.2 Å². The maximum atomic E-state index is 12.2. The third kappa shape index (κ3) is 46.1. The zero-order chi connectivity index (χ0) is 48.8. The predicted octanol–water partition coefficient (Wildman–Crippen LogP) is 10.7. The van der Waals surface area contributed by atoms with Crippen molar-refractivity contribution >= 4 is 27.6 Å². The van der Waals surface area contributed by atoms with E-state index in [4.69, 9.17) is 9.47 Å². The van der Waals surface area contributed by atoms with Gasteiger partial charge in [-0.3, -0.25) is 27.7 Å². The second kappa shape index (κ2) is 44.5. The number of phosphoric ester groups is 2. The Labute approximate surface area is 395 Å². The second-order valence-corrected chi connectivity index (χ2v) is 18.3. The molecule has 0 saturated carbocycles. The molecule has 0 heterocycles. The minimum absolute atomic E-state index is 0.0661. The number of phosphoric acid groups is 2. The monoisotopic (exact) mass is 973 g/mol. The van der Waals surface area contributed by atoms with Gasteiger partial charge in [0.2, 0.25) is 0 Å². The highest BCUT2D eigenvalue weighted by Crippen LogP contribution is 2.45. The molecule has 5 unspecified atom stereocenters. The van der Waals surface area contributed by atoms with E-state index in [9.17, 15) is 43.8 Å². The average Bonchev–Trinajstić information content (AvgIpc) is 3.29. The van der Waals surface area contributed by atoms with E-state index in [2.05, 4.69) is 111 Å². The lowest BCUT2D eigenvalue weighted by Crippen LogP contribution is -2.25. The third-order valence-corrected chi connectivity index (χ3v) is 11.0. The first kappa shape index (κ1) is 63.0. The third-order valence-electron chi connectivity index (χ3n) is 9.06. The molecule has 0 aliphatic rings. The van der Waals surface area contributed by atoms with Crippen LogP contribution in [0, 0.1) is 0 Å². The van der Waals surface area contributed by atoms with Gasteiger partial charge in [-0.15, -0.1) is 0 Å². The molecule has 0 amide bonds. The van der Waals surface area contributed by atoms with Gasteiger partial charge in [-0.2, -0.15) is 0 Å². The minimum Gasteiger partial charge on any atom is -0.463 e. The van der Waals surface area contributed by atoms with Crippen LogP contribution in [0.1, 0.15) is 142 Å². The van der Waals surface area contributed by atoms with Gasteiger partial charge < -0.3 is 34.6 Å². The number of hydrogen-bond donors (Lipinski definition) is 5. The fourth-order valence-corrected chi connectivity index (χ4v) is 6.99. The van der Waals surface area contributed by atoms with E-state index in [-0.39, 0.29) is 12.8 Å². The van der Waals surface area contributed by atoms with Crippen LogP contribution in [-0.4, -0.2) is 95.0 Å². The molecule has 0 saturated heterocycles. The quantitative estimate of drug-likeness (QED) is 0.0126. The van der Waals surface area contributed by atoms with Crippen LogP contribution in [0.2, 0.25) is 0 Å². The fourth-order valence-electron chi connectivity index (χ4n) is 5.40. The molecule has 0 spiro atoms. The Balaban J connectivity index is 4.00. The number of aliphatic hydroxyl groups is 3. The molecular formula is C49H82O15P2. The van der Waals surface area contributed by atoms with Crippen LogP contribution >= 0.6 is 15.6 Å². The molecule has 0 aliphatic heterocycles. The molecule has 5 N–H and O–H groups in total. The summed E-state index contributed by atoms with van der Waals surface area (Å²) in [5.74, 6) is -1.10. The van der Waals surface area contributed by atoms with Gasteiger partial charge in [-0.05, 0) is 77.0 Å². The highest BCUT2D eigenvalue weighted by atomic mass is 31.2. The molecule has 0 aromatic heterocycles. The van der Waals surface area contributed by atoms with E-state index in [1.807, 2.05) is 18.2 Å². The molecule has 0 fully saturated rings. The van der Waals surface area contributed by atoms with Crippen LogP contribution in [0.4, 0.5) is 0 Å². The summed E-state index contributed by atoms with van der Waals surface area (Å²) in [5, 5.41) is 30.0. The van der Waals surface area contributed by atoms with Gasteiger partial charge in [0.1, 0.15) is 31.5 Å². The summed E-state index contributed by atoms with van der Waals surface area (Å²) >= 11 is 0. The number of carbonyl (C=O) groups is 2. The van der Waals surface area contributed by atoms with Crippen LogP contribution in [0.3, 0.4) is 0 Å². The summed E-state index contributed by atoms with van der Waals surface area (Å²) in [7, 11) is -9.61. The van der Waals surface area contributed by atoms with Gasteiger partial charge in [0.25, 0.3) is 0 Å². The summed E-state index contributed by atoms with van der Waals surface area (Å²) in [6.07, 6.45) is 46.9. The van der Waals surface area contributed by atoms with Crippen molar-refractivity contribution in [1.29, 1.82) is 0 Å². The molecule has 0 rings (SSSR count). The first-order chi connectivity index (χ1) is 31.8. The molecule has 0 aromatic rings. The largest absolute Gasteiger partial charge is 0.472 e. The van der Waals surface area contributed by atoms with Crippen LogP contribution in [0.25, 0.3) is 0 Å². The number of carbonyl (C=O) groups excluding carboxylic acids is 2. The first-order valence-corrected chi connectivity index (χ1v) is 26.6. The van der Waals surface area contributed by atoms with E-state index in [1.54, 1.807) is 0 Å². The Morgan fingerprint density at radius 1 is 0.424 bits per heavy atom. The van der Waals surface area contributed by atoms with Crippen LogP contribution in [0.5, 0.6) is 0 Å². The molecule has 0 radical (unpaired) electrons. The topological polar surface area (TPSA) is 225 Å². The summed E-state index contributed by atoms with van der Waals surface area (Å²) in [6.45, 7) is 0.141. The van der Waals surface area contributed by atoms with E-state index in [0.29, 0.717) is 19.3 Å². The van der Waals surface area contributed by atoms with Crippen LogP contribution < -0.4 is 0 Å².